The number of hydrogen-bond acceptors (Lipinski definition) is 3. The van der Waals surface area contributed by atoms with Crippen LogP contribution in [0.4, 0.5) is 0 Å². The second-order valence-electron chi connectivity index (χ2n) is 4.90. The number of nitrogens with one attached hydrogen (secondary N) is 1. The van der Waals surface area contributed by atoms with Gasteiger partial charge in [0.05, 0.1) is 17.4 Å². The molecule has 0 spiro atoms. The molecule has 108 valence electrons. The molecule has 1 heterocycles. The van der Waals surface area contributed by atoms with Gasteiger partial charge in [0.1, 0.15) is 0 Å². The molecule has 2 aromatic rings. The van der Waals surface area contributed by atoms with Crippen molar-refractivity contribution in [2.75, 3.05) is 12.8 Å². The van der Waals surface area contributed by atoms with Gasteiger partial charge in [-0.2, -0.15) is 16.9 Å². The highest BCUT2D eigenvalue weighted by atomic mass is 32.2. The van der Waals surface area contributed by atoms with Crippen molar-refractivity contribution in [3.8, 4) is 5.69 Å². The lowest BCUT2D eigenvalue weighted by atomic mass is 10.2. The molecule has 0 amide bonds. The molecule has 2 atom stereocenters. The standard InChI is InChI=1S/C16H23N3S/c1-4-13(2)20-12-15(17-3)16-10-11-18-19(16)14-8-6-5-7-9-14/h5-11,13,15,17H,4,12H2,1-3H3. The van der Waals surface area contributed by atoms with Gasteiger partial charge in [-0.3, -0.25) is 0 Å². The van der Waals surface area contributed by atoms with Crippen molar-refractivity contribution in [3.05, 3.63) is 48.3 Å². The van der Waals surface area contributed by atoms with Gasteiger partial charge in [0.15, 0.2) is 0 Å². The zero-order chi connectivity index (χ0) is 14.4. The summed E-state index contributed by atoms with van der Waals surface area (Å²) in [5.74, 6) is 1.06. The van der Waals surface area contributed by atoms with Crippen molar-refractivity contribution in [1.82, 2.24) is 15.1 Å². The number of aromatic nitrogens is 2. The summed E-state index contributed by atoms with van der Waals surface area (Å²) in [4.78, 5) is 0. The molecule has 1 aromatic carbocycles. The molecule has 0 radical (unpaired) electrons. The highest BCUT2D eigenvalue weighted by molar-refractivity contribution is 7.99. The smallest absolute Gasteiger partial charge is 0.0649 e. The minimum atomic E-state index is 0.316. The molecular formula is C16H23N3S. The summed E-state index contributed by atoms with van der Waals surface area (Å²) in [6.45, 7) is 4.52. The Kier molecular flexibility index (Phi) is 5.68. The van der Waals surface area contributed by atoms with Crippen molar-refractivity contribution < 1.29 is 0 Å². The summed E-state index contributed by atoms with van der Waals surface area (Å²) in [5.41, 5.74) is 2.33. The molecule has 1 N–H and O–H groups in total. The maximum atomic E-state index is 4.47. The summed E-state index contributed by atoms with van der Waals surface area (Å²) >= 11 is 2.01. The zero-order valence-corrected chi connectivity index (χ0v) is 13.2. The fourth-order valence-electron chi connectivity index (χ4n) is 2.06. The summed E-state index contributed by atoms with van der Waals surface area (Å²) in [7, 11) is 2.02. The van der Waals surface area contributed by atoms with Gasteiger partial charge in [0.25, 0.3) is 0 Å². The van der Waals surface area contributed by atoms with E-state index in [1.54, 1.807) is 0 Å². The van der Waals surface area contributed by atoms with Crippen LogP contribution in [0.15, 0.2) is 42.6 Å². The van der Waals surface area contributed by atoms with Gasteiger partial charge in [0, 0.05) is 17.2 Å². The zero-order valence-electron chi connectivity index (χ0n) is 12.4. The summed E-state index contributed by atoms with van der Waals surface area (Å²) < 4.78 is 2.03. The molecule has 20 heavy (non-hydrogen) atoms. The Morgan fingerprint density at radius 2 is 2.00 bits per heavy atom. The topological polar surface area (TPSA) is 29.9 Å². The highest BCUT2D eigenvalue weighted by Crippen LogP contribution is 2.24. The second-order valence-corrected chi connectivity index (χ2v) is 6.37. The highest BCUT2D eigenvalue weighted by Gasteiger charge is 2.16. The molecule has 0 aliphatic rings. The Morgan fingerprint density at radius 1 is 1.25 bits per heavy atom. The molecule has 0 fully saturated rings. The van der Waals surface area contributed by atoms with Gasteiger partial charge in [-0.05, 0) is 31.7 Å². The molecule has 0 saturated heterocycles. The summed E-state index contributed by atoms with van der Waals surface area (Å²) in [6.07, 6.45) is 3.08. The Hall–Kier alpha value is -1.26. The number of benzene rings is 1. The monoisotopic (exact) mass is 289 g/mol. The van der Waals surface area contributed by atoms with Gasteiger partial charge in [0.2, 0.25) is 0 Å². The van der Waals surface area contributed by atoms with Crippen LogP contribution in [0.25, 0.3) is 5.69 Å². The molecule has 0 saturated carbocycles. The number of para-hydroxylation sites is 1. The maximum Gasteiger partial charge on any atom is 0.0649 e. The van der Waals surface area contributed by atoms with Crippen LogP contribution >= 0.6 is 11.8 Å². The normalized spacial score (nSPS) is 14.2. The minimum Gasteiger partial charge on any atom is -0.311 e. The van der Waals surface area contributed by atoms with Gasteiger partial charge in [-0.15, -0.1) is 0 Å². The first-order valence-electron chi connectivity index (χ1n) is 7.14. The van der Waals surface area contributed by atoms with Crippen LogP contribution in [0.2, 0.25) is 0 Å². The number of thioether (sulfide) groups is 1. The van der Waals surface area contributed by atoms with E-state index in [0.717, 1.165) is 11.4 Å². The van der Waals surface area contributed by atoms with Crippen LogP contribution < -0.4 is 5.32 Å². The van der Waals surface area contributed by atoms with E-state index in [9.17, 15) is 0 Å². The first kappa shape index (κ1) is 15.1. The van der Waals surface area contributed by atoms with E-state index >= 15 is 0 Å². The summed E-state index contributed by atoms with van der Waals surface area (Å²) in [6, 6.07) is 12.7. The molecule has 2 unspecified atom stereocenters. The molecule has 4 heteroatoms. The van der Waals surface area contributed by atoms with Crippen molar-refractivity contribution in [2.45, 2.75) is 31.6 Å². The lowest BCUT2D eigenvalue weighted by Crippen LogP contribution is -2.22. The van der Waals surface area contributed by atoms with E-state index in [4.69, 9.17) is 0 Å². The van der Waals surface area contributed by atoms with E-state index in [0.29, 0.717) is 11.3 Å². The van der Waals surface area contributed by atoms with E-state index in [2.05, 4.69) is 42.5 Å². The van der Waals surface area contributed by atoms with Crippen molar-refractivity contribution in [1.29, 1.82) is 0 Å². The molecular weight excluding hydrogens is 266 g/mol. The van der Waals surface area contributed by atoms with E-state index < -0.39 is 0 Å². The predicted molar refractivity (Wildman–Crippen MR) is 87.6 cm³/mol. The van der Waals surface area contributed by atoms with Crippen molar-refractivity contribution >= 4 is 11.8 Å². The first-order valence-corrected chi connectivity index (χ1v) is 8.19. The predicted octanol–water partition coefficient (Wildman–Crippen LogP) is 3.66. The van der Waals surface area contributed by atoms with Crippen LogP contribution in [0.3, 0.4) is 0 Å². The fourth-order valence-corrected chi connectivity index (χ4v) is 3.15. The molecule has 1 aromatic heterocycles. The van der Waals surface area contributed by atoms with Gasteiger partial charge >= 0.3 is 0 Å². The van der Waals surface area contributed by atoms with Crippen LogP contribution in [-0.4, -0.2) is 27.8 Å². The average Bonchev–Trinajstić information content (AvgIpc) is 2.98. The van der Waals surface area contributed by atoms with Crippen LogP contribution in [-0.2, 0) is 0 Å². The van der Waals surface area contributed by atoms with E-state index in [-0.39, 0.29) is 0 Å². The third-order valence-corrected chi connectivity index (χ3v) is 4.93. The Morgan fingerprint density at radius 3 is 2.65 bits per heavy atom. The maximum absolute atomic E-state index is 4.47. The lowest BCUT2D eigenvalue weighted by Gasteiger charge is -2.19. The number of nitrogens with zero attached hydrogens (tertiary/aromatic N) is 2. The molecule has 3 nitrogen and oxygen atoms in total. The summed E-state index contributed by atoms with van der Waals surface area (Å²) in [5, 5.41) is 8.58. The van der Waals surface area contributed by atoms with Gasteiger partial charge in [-0.25, -0.2) is 4.68 Å². The average molecular weight is 289 g/mol. The Bertz CT molecular complexity index is 509. The van der Waals surface area contributed by atoms with Crippen LogP contribution in [0, 0.1) is 0 Å². The van der Waals surface area contributed by atoms with Gasteiger partial charge in [-0.1, -0.05) is 32.0 Å². The largest absolute Gasteiger partial charge is 0.311 e. The third-order valence-electron chi connectivity index (χ3n) is 3.50. The number of hydrogen-bond donors (Lipinski definition) is 1. The van der Waals surface area contributed by atoms with Gasteiger partial charge < -0.3 is 5.32 Å². The molecule has 2 rings (SSSR count). The lowest BCUT2D eigenvalue weighted by molar-refractivity contribution is 0.612. The SMILES string of the molecule is CCC(C)SCC(NC)c1ccnn1-c1ccccc1. The van der Waals surface area contributed by atoms with Crippen molar-refractivity contribution in [2.24, 2.45) is 0 Å². The molecule has 0 aliphatic heterocycles. The Balaban J connectivity index is 2.17. The third kappa shape index (κ3) is 3.64. The Labute approximate surface area is 125 Å². The molecule has 0 bridgehead atoms. The number of rotatable bonds is 7. The molecule has 0 aliphatic carbocycles. The second kappa shape index (κ2) is 7.50. The first-order chi connectivity index (χ1) is 9.76. The van der Waals surface area contributed by atoms with E-state index in [1.807, 2.05) is 47.9 Å². The van der Waals surface area contributed by atoms with Crippen molar-refractivity contribution in [3.63, 3.8) is 0 Å². The fraction of sp³-hybridized carbons (Fsp3) is 0.438. The van der Waals surface area contributed by atoms with E-state index in [1.165, 1.54) is 12.1 Å². The minimum absolute atomic E-state index is 0.316. The van der Waals surface area contributed by atoms with Crippen LogP contribution in [0.5, 0.6) is 0 Å². The van der Waals surface area contributed by atoms with Crippen LogP contribution in [0.1, 0.15) is 32.0 Å². The quantitative estimate of drug-likeness (QED) is 0.843.